The van der Waals surface area contributed by atoms with E-state index in [1.807, 2.05) is 6.92 Å². The Hall–Kier alpha value is -0.410. The third-order valence-corrected chi connectivity index (χ3v) is 3.02. The third-order valence-electron chi connectivity index (χ3n) is 3.02. The summed E-state index contributed by atoms with van der Waals surface area (Å²) in [5.74, 6) is 0.0341. The molecular weight excluding hydrogens is 192 g/mol. The molecule has 0 aromatic heterocycles. The Balaban J connectivity index is 2.24. The number of ketones is 1. The van der Waals surface area contributed by atoms with Crippen molar-refractivity contribution in [1.82, 2.24) is 0 Å². The van der Waals surface area contributed by atoms with Crippen LogP contribution in [0.3, 0.4) is 0 Å². The monoisotopic (exact) mass is 214 g/mol. The molecular formula is C12H22O3. The maximum Gasteiger partial charge on any atom is 0.187 e. The number of carbonyl (C=O) groups excluding carboxylic acids is 1. The number of ether oxygens (including phenoxy) is 1. The summed E-state index contributed by atoms with van der Waals surface area (Å²) >= 11 is 0. The highest BCUT2D eigenvalue weighted by molar-refractivity contribution is 5.84. The SMILES string of the molecule is CCCOCC(=O)C(O)C1CCCCC1. The summed E-state index contributed by atoms with van der Waals surface area (Å²) in [6.07, 6.45) is 5.62. The second kappa shape index (κ2) is 6.96. The van der Waals surface area contributed by atoms with Crippen molar-refractivity contribution < 1.29 is 14.6 Å². The van der Waals surface area contributed by atoms with Crippen LogP contribution in [0.5, 0.6) is 0 Å². The van der Waals surface area contributed by atoms with Gasteiger partial charge in [0, 0.05) is 6.61 Å². The summed E-state index contributed by atoms with van der Waals surface area (Å²) in [6.45, 7) is 2.68. The van der Waals surface area contributed by atoms with Crippen LogP contribution in [0.2, 0.25) is 0 Å². The largest absolute Gasteiger partial charge is 0.385 e. The van der Waals surface area contributed by atoms with Crippen LogP contribution in [0.1, 0.15) is 45.4 Å². The van der Waals surface area contributed by atoms with Crippen LogP contribution in [0.15, 0.2) is 0 Å². The molecule has 1 aliphatic carbocycles. The van der Waals surface area contributed by atoms with Crippen molar-refractivity contribution in [3.63, 3.8) is 0 Å². The average Bonchev–Trinajstić information content (AvgIpc) is 2.29. The molecule has 15 heavy (non-hydrogen) atoms. The van der Waals surface area contributed by atoms with E-state index in [1.54, 1.807) is 0 Å². The van der Waals surface area contributed by atoms with Gasteiger partial charge in [-0.15, -0.1) is 0 Å². The lowest BCUT2D eigenvalue weighted by Gasteiger charge is -2.25. The number of aliphatic hydroxyl groups is 1. The number of Topliss-reactive ketones (excluding diaryl/α,β-unsaturated/α-hetero) is 1. The highest BCUT2D eigenvalue weighted by Gasteiger charge is 2.26. The molecule has 1 saturated carbocycles. The molecule has 1 N–H and O–H groups in total. The van der Waals surface area contributed by atoms with Gasteiger partial charge in [0.15, 0.2) is 5.78 Å². The highest BCUT2D eigenvalue weighted by Crippen LogP contribution is 2.26. The molecule has 1 rings (SSSR count). The molecule has 0 heterocycles. The first-order chi connectivity index (χ1) is 7.25. The smallest absolute Gasteiger partial charge is 0.187 e. The van der Waals surface area contributed by atoms with Crippen molar-refractivity contribution in [2.24, 2.45) is 5.92 Å². The van der Waals surface area contributed by atoms with Crippen LogP contribution in [0, 0.1) is 5.92 Å². The molecule has 0 spiro atoms. The van der Waals surface area contributed by atoms with E-state index < -0.39 is 6.10 Å². The summed E-state index contributed by atoms with van der Waals surface area (Å²) in [6, 6.07) is 0. The minimum absolute atomic E-state index is 0.0749. The molecule has 0 saturated heterocycles. The van der Waals surface area contributed by atoms with Gasteiger partial charge in [0.25, 0.3) is 0 Å². The zero-order valence-electron chi connectivity index (χ0n) is 9.58. The average molecular weight is 214 g/mol. The number of aliphatic hydroxyl groups excluding tert-OH is 1. The molecule has 1 aliphatic rings. The molecule has 3 heteroatoms. The predicted molar refractivity (Wildman–Crippen MR) is 58.7 cm³/mol. The fourth-order valence-electron chi connectivity index (χ4n) is 2.12. The predicted octanol–water partition coefficient (Wildman–Crippen LogP) is 1.92. The van der Waals surface area contributed by atoms with Gasteiger partial charge in [0.05, 0.1) is 0 Å². The zero-order valence-corrected chi connectivity index (χ0v) is 9.58. The molecule has 0 aromatic carbocycles. The molecule has 0 amide bonds. The summed E-state index contributed by atoms with van der Waals surface area (Å²) in [5, 5.41) is 9.81. The van der Waals surface area contributed by atoms with E-state index in [4.69, 9.17) is 4.74 Å². The number of rotatable bonds is 6. The minimum Gasteiger partial charge on any atom is -0.385 e. The van der Waals surface area contributed by atoms with E-state index in [9.17, 15) is 9.90 Å². The van der Waals surface area contributed by atoms with Crippen LogP contribution >= 0.6 is 0 Å². The van der Waals surface area contributed by atoms with Gasteiger partial charge in [-0.25, -0.2) is 0 Å². The minimum atomic E-state index is -0.790. The quantitative estimate of drug-likeness (QED) is 0.687. The Morgan fingerprint density at radius 2 is 2.07 bits per heavy atom. The Bertz CT molecular complexity index is 185. The normalized spacial score (nSPS) is 20.1. The maximum absolute atomic E-state index is 11.5. The molecule has 0 bridgehead atoms. The van der Waals surface area contributed by atoms with Gasteiger partial charge < -0.3 is 9.84 Å². The van der Waals surface area contributed by atoms with Crippen molar-refractivity contribution in [2.75, 3.05) is 13.2 Å². The Labute approximate surface area is 91.8 Å². The lowest BCUT2D eigenvalue weighted by atomic mass is 9.84. The van der Waals surface area contributed by atoms with E-state index >= 15 is 0 Å². The zero-order chi connectivity index (χ0) is 11.1. The van der Waals surface area contributed by atoms with Crippen molar-refractivity contribution in [1.29, 1.82) is 0 Å². The lowest BCUT2D eigenvalue weighted by Crippen LogP contribution is -2.33. The van der Waals surface area contributed by atoms with Crippen molar-refractivity contribution in [2.45, 2.75) is 51.6 Å². The molecule has 1 atom stereocenters. The van der Waals surface area contributed by atoms with Gasteiger partial charge in [-0.3, -0.25) is 4.79 Å². The lowest BCUT2D eigenvalue weighted by molar-refractivity contribution is -0.135. The fourth-order valence-corrected chi connectivity index (χ4v) is 2.12. The van der Waals surface area contributed by atoms with E-state index in [-0.39, 0.29) is 18.3 Å². The third kappa shape index (κ3) is 4.31. The first-order valence-electron chi connectivity index (χ1n) is 6.04. The topological polar surface area (TPSA) is 46.5 Å². The molecule has 3 nitrogen and oxygen atoms in total. The summed E-state index contributed by atoms with van der Waals surface area (Å²) in [7, 11) is 0. The number of hydrogen-bond donors (Lipinski definition) is 1. The van der Waals surface area contributed by atoms with Gasteiger partial charge in [-0.05, 0) is 25.2 Å². The van der Waals surface area contributed by atoms with Gasteiger partial charge in [-0.1, -0.05) is 26.2 Å². The van der Waals surface area contributed by atoms with Crippen molar-refractivity contribution in [3.8, 4) is 0 Å². The maximum atomic E-state index is 11.5. The second-order valence-corrected chi connectivity index (χ2v) is 4.36. The van der Waals surface area contributed by atoms with Crippen LogP contribution in [-0.2, 0) is 9.53 Å². The number of hydrogen-bond acceptors (Lipinski definition) is 3. The summed E-state index contributed by atoms with van der Waals surface area (Å²) in [4.78, 5) is 11.5. The molecule has 0 aliphatic heterocycles. The first-order valence-corrected chi connectivity index (χ1v) is 6.04. The van der Waals surface area contributed by atoms with Gasteiger partial charge >= 0.3 is 0 Å². The Morgan fingerprint density at radius 3 is 2.67 bits per heavy atom. The van der Waals surface area contributed by atoms with Gasteiger partial charge in [0.1, 0.15) is 12.7 Å². The van der Waals surface area contributed by atoms with E-state index in [0.717, 1.165) is 32.1 Å². The second-order valence-electron chi connectivity index (χ2n) is 4.36. The van der Waals surface area contributed by atoms with Crippen LogP contribution in [0.4, 0.5) is 0 Å². The van der Waals surface area contributed by atoms with Crippen molar-refractivity contribution in [3.05, 3.63) is 0 Å². The fraction of sp³-hybridized carbons (Fsp3) is 0.917. The molecule has 1 unspecified atom stereocenters. The van der Waals surface area contributed by atoms with Gasteiger partial charge in [0.2, 0.25) is 0 Å². The number of carbonyl (C=O) groups is 1. The van der Waals surface area contributed by atoms with E-state index in [2.05, 4.69) is 0 Å². The Kier molecular flexibility index (Phi) is 5.88. The van der Waals surface area contributed by atoms with Crippen LogP contribution < -0.4 is 0 Å². The molecule has 0 aromatic rings. The molecule has 0 radical (unpaired) electrons. The first kappa shape index (κ1) is 12.7. The van der Waals surface area contributed by atoms with Crippen LogP contribution in [0.25, 0.3) is 0 Å². The molecule has 88 valence electrons. The summed E-state index contributed by atoms with van der Waals surface area (Å²) in [5.41, 5.74) is 0. The van der Waals surface area contributed by atoms with Crippen molar-refractivity contribution >= 4 is 5.78 Å². The molecule has 1 fully saturated rings. The van der Waals surface area contributed by atoms with E-state index in [1.165, 1.54) is 6.42 Å². The Morgan fingerprint density at radius 1 is 1.40 bits per heavy atom. The van der Waals surface area contributed by atoms with Gasteiger partial charge in [-0.2, -0.15) is 0 Å². The standard InChI is InChI=1S/C12H22O3/c1-2-8-15-9-11(13)12(14)10-6-4-3-5-7-10/h10,12,14H,2-9H2,1H3. The van der Waals surface area contributed by atoms with Crippen LogP contribution in [-0.4, -0.2) is 30.2 Å². The highest BCUT2D eigenvalue weighted by atomic mass is 16.5. The van der Waals surface area contributed by atoms with E-state index in [0.29, 0.717) is 6.61 Å². The summed E-state index contributed by atoms with van der Waals surface area (Å²) < 4.78 is 5.15.